The SMILES string of the molecule is c1ccc2c(c1)oc1ccc(-c3cncc(-c4ccc5c(c4)c4ccccc4n5-c4ccc5c6ccccc6c6ccccc6c5c4)c3)cc12. The minimum absolute atomic E-state index is 0.897. The minimum Gasteiger partial charge on any atom is -0.456 e. The van der Waals surface area contributed by atoms with E-state index >= 15 is 0 Å². The van der Waals surface area contributed by atoms with Crippen LogP contribution in [-0.4, -0.2) is 9.55 Å². The van der Waals surface area contributed by atoms with Crippen molar-refractivity contribution in [2.45, 2.75) is 0 Å². The number of nitrogens with zero attached hydrogens (tertiary/aromatic N) is 2. The Morgan fingerprint density at radius 1 is 0.340 bits per heavy atom. The third-order valence-corrected chi connectivity index (χ3v) is 10.4. The molecule has 0 saturated carbocycles. The van der Waals surface area contributed by atoms with Gasteiger partial charge in [-0.15, -0.1) is 0 Å². The van der Waals surface area contributed by atoms with Crippen molar-refractivity contribution in [3.63, 3.8) is 0 Å². The highest BCUT2D eigenvalue weighted by Crippen LogP contribution is 2.40. The van der Waals surface area contributed by atoms with Crippen LogP contribution in [0.15, 0.2) is 175 Å². The van der Waals surface area contributed by atoms with E-state index in [9.17, 15) is 0 Å². The molecule has 11 rings (SSSR count). The Bertz CT molecular complexity index is 3130. The molecule has 0 spiro atoms. The standard InChI is InChI=1S/C47H28N2O/c1-2-11-36-34(9-1)35-10-3-4-12-37(35)41-26-33(19-20-38(36)41)49-44-15-7-5-13-39(44)42-24-29(17-21-45(42)49)31-23-32(28-48-27-31)30-18-22-47-43(25-30)40-14-6-8-16-46(40)50-47/h1-28H. The van der Waals surface area contributed by atoms with Gasteiger partial charge in [0.25, 0.3) is 0 Å². The molecule has 0 unspecified atom stereocenters. The van der Waals surface area contributed by atoms with E-state index in [0.29, 0.717) is 0 Å². The second kappa shape index (κ2) is 10.4. The van der Waals surface area contributed by atoms with Gasteiger partial charge in [-0.2, -0.15) is 0 Å². The van der Waals surface area contributed by atoms with Gasteiger partial charge in [-0.1, -0.05) is 103 Å². The van der Waals surface area contributed by atoms with Crippen LogP contribution in [0.2, 0.25) is 0 Å². The maximum absolute atomic E-state index is 6.09. The van der Waals surface area contributed by atoms with Crippen LogP contribution in [0.5, 0.6) is 0 Å². The second-order valence-corrected chi connectivity index (χ2v) is 13.2. The van der Waals surface area contributed by atoms with Crippen LogP contribution >= 0.6 is 0 Å². The molecule has 0 aliphatic carbocycles. The predicted molar refractivity (Wildman–Crippen MR) is 209 cm³/mol. The number of hydrogen-bond acceptors (Lipinski definition) is 2. The molecule has 3 heteroatoms. The molecule has 0 N–H and O–H groups in total. The number of rotatable bonds is 3. The molecule has 0 saturated heterocycles. The number of aromatic nitrogens is 2. The summed E-state index contributed by atoms with van der Waals surface area (Å²) in [5.41, 5.74) is 9.75. The number of furan rings is 1. The lowest BCUT2D eigenvalue weighted by molar-refractivity contribution is 0.669. The number of pyridine rings is 1. The van der Waals surface area contributed by atoms with E-state index < -0.39 is 0 Å². The maximum atomic E-state index is 6.09. The first kappa shape index (κ1) is 27.3. The Morgan fingerprint density at radius 3 is 1.62 bits per heavy atom. The van der Waals surface area contributed by atoms with E-state index in [2.05, 4.69) is 150 Å². The van der Waals surface area contributed by atoms with Gasteiger partial charge in [0.1, 0.15) is 11.2 Å². The van der Waals surface area contributed by atoms with E-state index in [4.69, 9.17) is 9.40 Å². The summed E-state index contributed by atoms with van der Waals surface area (Å²) < 4.78 is 8.50. The van der Waals surface area contributed by atoms with Crippen LogP contribution in [0, 0.1) is 0 Å². The van der Waals surface area contributed by atoms with Crippen molar-refractivity contribution in [2.75, 3.05) is 0 Å². The van der Waals surface area contributed by atoms with Crippen LogP contribution in [0.4, 0.5) is 0 Å². The first-order chi connectivity index (χ1) is 24.8. The molecule has 232 valence electrons. The molecular weight excluding hydrogens is 609 g/mol. The van der Waals surface area contributed by atoms with Gasteiger partial charge in [0.15, 0.2) is 0 Å². The normalized spacial score (nSPS) is 12.0. The highest BCUT2D eigenvalue weighted by Gasteiger charge is 2.16. The van der Waals surface area contributed by atoms with E-state index in [1.807, 2.05) is 24.5 Å². The third kappa shape index (κ3) is 3.95. The zero-order valence-corrected chi connectivity index (χ0v) is 27.0. The molecule has 0 bridgehead atoms. The lowest BCUT2D eigenvalue weighted by atomic mass is 9.94. The number of benzene rings is 8. The quantitative estimate of drug-likeness (QED) is 0.181. The van der Waals surface area contributed by atoms with Crippen molar-refractivity contribution < 1.29 is 4.42 Å². The van der Waals surface area contributed by atoms with Crippen LogP contribution < -0.4 is 0 Å². The summed E-state index contributed by atoms with van der Waals surface area (Å²) >= 11 is 0. The summed E-state index contributed by atoms with van der Waals surface area (Å²) in [5, 5.41) is 12.4. The molecule has 50 heavy (non-hydrogen) atoms. The Balaban J connectivity index is 1.07. The number of hydrogen-bond donors (Lipinski definition) is 0. The highest BCUT2D eigenvalue weighted by atomic mass is 16.3. The van der Waals surface area contributed by atoms with E-state index in [1.54, 1.807) is 0 Å². The fourth-order valence-corrected chi connectivity index (χ4v) is 8.13. The fourth-order valence-electron chi connectivity index (χ4n) is 8.13. The van der Waals surface area contributed by atoms with Gasteiger partial charge >= 0.3 is 0 Å². The Morgan fingerprint density at radius 2 is 0.880 bits per heavy atom. The van der Waals surface area contributed by atoms with E-state index in [-0.39, 0.29) is 0 Å². The van der Waals surface area contributed by atoms with Crippen molar-refractivity contribution in [3.8, 4) is 27.9 Å². The summed E-state index contributed by atoms with van der Waals surface area (Å²) in [4.78, 5) is 4.71. The Hall–Kier alpha value is -6.71. The van der Waals surface area contributed by atoms with Crippen molar-refractivity contribution >= 4 is 76.1 Å². The Kier molecular flexibility index (Phi) is 5.67. The van der Waals surface area contributed by atoms with Gasteiger partial charge in [-0.25, -0.2) is 0 Å². The second-order valence-electron chi connectivity index (χ2n) is 13.2. The van der Waals surface area contributed by atoms with Gasteiger partial charge in [0, 0.05) is 50.8 Å². The number of para-hydroxylation sites is 2. The van der Waals surface area contributed by atoms with Gasteiger partial charge in [0.05, 0.1) is 11.0 Å². The molecule has 0 aliphatic rings. The largest absolute Gasteiger partial charge is 0.456 e. The van der Waals surface area contributed by atoms with Crippen LogP contribution in [0.1, 0.15) is 0 Å². The van der Waals surface area contributed by atoms with Crippen molar-refractivity contribution in [1.82, 2.24) is 9.55 Å². The molecule has 0 atom stereocenters. The lowest BCUT2D eigenvalue weighted by Gasteiger charge is -2.14. The van der Waals surface area contributed by atoms with Crippen LogP contribution in [0.25, 0.3) is 104 Å². The zero-order valence-electron chi connectivity index (χ0n) is 27.0. The predicted octanol–water partition coefficient (Wildman–Crippen LogP) is 12.9. The molecule has 8 aromatic carbocycles. The summed E-state index contributed by atoms with van der Waals surface area (Å²) in [6, 6.07) is 56.9. The molecular formula is C47H28N2O. The summed E-state index contributed by atoms with van der Waals surface area (Å²) in [7, 11) is 0. The molecule has 0 amide bonds. The van der Waals surface area contributed by atoms with Crippen molar-refractivity contribution in [3.05, 3.63) is 170 Å². The van der Waals surface area contributed by atoms with Crippen molar-refractivity contribution in [2.24, 2.45) is 0 Å². The maximum Gasteiger partial charge on any atom is 0.135 e. The molecule has 0 radical (unpaired) electrons. The average molecular weight is 637 g/mol. The smallest absolute Gasteiger partial charge is 0.135 e. The van der Waals surface area contributed by atoms with Gasteiger partial charge in [-0.3, -0.25) is 4.98 Å². The molecule has 3 aromatic heterocycles. The topological polar surface area (TPSA) is 31.0 Å². The third-order valence-electron chi connectivity index (χ3n) is 10.4. The first-order valence-electron chi connectivity index (χ1n) is 17.0. The van der Waals surface area contributed by atoms with Gasteiger partial charge in [0.2, 0.25) is 0 Å². The number of fused-ring (bicyclic) bond motifs is 12. The highest BCUT2D eigenvalue weighted by molar-refractivity contribution is 6.25. The molecule has 0 fully saturated rings. The Labute approximate surface area is 287 Å². The molecule has 0 aliphatic heterocycles. The van der Waals surface area contributed by atoms with Crippen LogP contribution in [-0.2, 0) is 0 Å². The molecule has 3 nitrogen and oxygen atoms in total. The van der Waals surface area contributed by atoms with Gasteiger partial charge in [-0.05, 0) is 98.0 Å². The summed E-state index contributed by atoms with van der Waals surface area (Å²) in [6.45, 7) is 0. The summed E-state index contributed by atoms with van der Waals surface area (Å²) in [6.07, 6.45) is 3.92. The molecule has 3 heterocycles. The average Bonchev–Trinajstić information content (AvgIpc) is 3.73. The van der Waals surface area contributed by atoms with E-state index in [0.717, 1.165) is 49.9 Å². The van der Waals surface area contributed by atoms with E-state index in [1.165, 1.54) is 54.1 Å². The first-order valence-corrected chi connectivity index (χ1v) is 17.0. The van der Waals surface area contributed by atoms with Crippen LogP contribution in [0.3, 0.4) is 0 Å². The summed E-state index contributed by atoms with van der Waals surface area (Å²) in [5.74, 6) is 0. The molecule has 11 aromatic rings. The zero-order chi connectivity index (χ0) is 32.8. The lowest BCUT2D eigenvalue weighted by Crippen LogP contribution is -1.94. The minimum atomic E-state index is 0.897. The fraction of sp³-hybridized carbons (Fsp3) is 0. The monoisotopic (exact) mass is 636 g/mol. The van der Waals surface area contributed by atoms with Crippen molar-refractivity contribution in [1.29, 1.82) is 0 Å². The van der Waals surface area contributed by atoms with Gasteiger partial charge < -0.3 is 8.98 Å².